The molecule has 0 bridgehead atoms. The fourth-order valence-corrected chi connectivity index (χ4v) is 4.23. The molecule has 2 N–H and O–H groups in total. The molecule has 0 spiro atoms. The lowest BCUT2D eigenvalue weighted by Gasteiger charge is -2.31. The van der Waals surface area contributed by atoms with Crippen LogP contribution in [0.1, 0.15) is 10.4 Å². The molecule has 0 aliphatic carbocycles. The lowest BCUT2D eigenvalue weighted by Crippen LogP contribution is -2.47. The van der Waals surface area contributed by atoms with Gasteiger partial charge in [0.05, 0.1) is 12.2 Å². The SMILES string of the molecule is CN1CCN(CC(=O)Nc2cc(C(=O)Nc3nnc(-c4cccnc4)s3)ccc2OCC(F)(F)F)CC1. The molecule has 2 aromatic heterocycles. The molecular weight excluding hydrogens is 511 g/mol. The van der Waals surface area contributed by atoms with Crippen molar-refractivity contribution in [3.05, 3.63) is 48.3 Å². The van der Waals surface area contributed by atoms with Crippen LogP contribution >= 0.6 is 11.3 Å². The molecular formula is C23H24F3N7O3S. The van der Waals surface area contributed by atoms with Gasteiger partial charge in [-0.2, -0.15) is 13.2 Å². The maximum atomic E-state index is 12.8. The van der Waals surface area contributed by atoms with E-state index < -0.39 is 24.6 Å². The summed E-state index contributed by atoms with van der Waals surface area (Å²) in [6, 6.07) is 7.34. The third kappa shape index (κ3) is 7.68. The average Bonchev–Trinajstić information content (AvgIpc) is 3.33. The first-order valence-electron chi connectivity index (χ1n) is 11.3. The zero-order chi connectivity index (χ0) is 26.4. The number of aromatic nitrogens is 3. The molecule has 4 rings (SSSR count). The van der Waals surface area contributed by atoms with Crippen molar-refractivity contribution in [1.29, 1.82) is 0 Å². The minimum atomic E-state index is -4.57. The Morgan fingerprint density at radius 3 is 2.59 bits per heavy atom. The summed E-state index contributed by atoms with van der Waals surface area (Å²) in [5.41, 5.74) is 0.786. The number of likely N-dealkylation sites (N-methyl/N-ethyl adjacent to an activating group) is 1. The quantitative estimate of drug-likeness (QED) is 0.453. The maximum absolute atomic E-state index is 12.8. The second-order valence-electron chi connectivity index (χ2n) is 8.35. The number of pyridine rings is 1. The van der Waals surface area contributed by atoms with Crippen molar-refractivity contribution >= 4 is 34.0 Å². The number of rotatable bonds is 8. The summed E-state index contributed by atoms with van der Waals surface area (Å²) in [5.74, 6) is -1.20. The zero-order valence-electron chi connectivity index (χ0n) is 19.8. The molecule has 0 atom stereocenters. The van der Waals surface area contributed by atoms with Gasteiger partial charge in [0.25, 0.3) is 5.91 Å². The summed E-state index contributed by atoms with van der Waals surface area (Å²) in [4.78, 5) is 33.6. The lowest BCUT2D eigenvalue weighted by atomic mass is 10.1. The standard InChI is InChI=1S/C23H24F3N7O3S/c1-32-7-9-33(10-8-32)13-19(34)28-17-11-15(4-5-18(17)36-14-23(24,25)26)20(35)29-22-31-30-21(37-22)16-3-2-6-27-12-16/h2-6,11-12H,7-10,13-14H2,1H3,(H,28,34)(H,29,31,35). The average molecular weight is 536 g/mol. The van der Waals surface area contributed by atoms with Crippen molar-refractivity contribution in [2.75, 3.05) is 57.0 Å². The van der Waals surface area contributed by atoms with Crippen molar-refractivity contribution in [3.8, 4) is 16.3 Å². The Labute approximate surface area is 214 Å². The molecule has 37 heavy (non-hydrogen) atoms. The number of anilines is 2. The number of carbonyl (C=O) groups is 2. The Morgan fingerprint density at radius 1 is 1.11 bits per heavy atom. The fourth-order valence-electron chi connectivity index (χ4n) is 3.50. The summed E-state index contributed by atoms with van der Waals surface area (Å²) in [6.45, 7) is 1.50. The van der Waals surface area contributed by atoms with Gasteiger partial charge >= 0.3 is 6.18 Å². The second kappa shape index (κ2) is 11.6. The molecule has 10 nitrogen and oxygen atoms in total. The summed E-state index contributed by atoms with van der Waals surface area (Å²) in [6.07, 6.45) is -1.33. The smallest absolute Gasteiger partial charge is 0.422 e. The molecule has 3 aromatic rings. The first-order chi connectivity index (χ1) is 17.7. The van der Waals surface area contributed by atoms with Crippen LogP contribution in [0.3, 0.4) is 0 Å². The van der Waals surface area contributed by atoms with Crippen LogP contribution in [0.2, 0.25) is 0 Å². The predicted molar refractivity (Wildman–Crippen MR) is 132 cm³/mol. The van der Waals surface area contributed by atoms with Gasteiger partial charge in [0.1, 0.15) is 5.75 Å². The van der Waals surface area contributed by atoms with Gasteiger partial charge in [-0.15, -0.1) is 10.2 Å². The number of hydrogen-bond donors (Lipinski definition) is 2. The van der Waals surface area contributed by atoms with Crippen LogP contribution in [0, 0.1) is 0 Å². The van der Waals surface area contributed by atoms with E-state index in [9.17, 15) is 22.8 Å². The fraction of sp³-hybridized carbons (Fsp3) is 0.348. The minimum Gasteiger partial charge on any atom is -0.482 e. The van der Waals surface area contributed by atoms with E-state index in [2.05, 4.69) is 30.7 Å². The van der Waals surface area contributed by atoms with E-state index in [0.717, 1.165) is 30.0 Å². The van der Waals surface area contributed by atoms with Gasteiger partial charge in [-0.3, -0.25) is 24.8 Å². The van der Waals surface area contributed by atoms with Gasteiger partial charge < -0.3 is 15.0 Å². The molecule has 1 aliphatic heterocycles. The van der Waals surface area contributed by atoms with Crippen LogP contribution in [0.15, 0.2) is 42.7 Å². The molecule has 1 fully saturated rings. The Morgan fingerprint density at radius 2 is 1.89 bits per heavy atom. The number of nitrogens with one attached hydrogen (secondary N) is 2. The Balaban J connectivity index is 1.47. The normalized spacial score (nSPS) is 14.8. The highest BCUT2D eigenvalue weighted by Gasteiger charge is 2.29. The number of alkyl halides is 3. The number of halogens is 3. The summed E-state index contributed by atoms with van der Waals surface area (Å²) < 4.78 is 43.1. The van der Waals surface area contributed by atoms with Crippen molar-refractivity contribution < 1.29 is 27.5 Å². The van der Waals surface area contributed by atoms with Gasteiger partial charge in [-0.05, 0) is 37.4 Å². The number of carbonyl (C=O) groups excluding carboxylic acids is 2. The van der Waals surface area contributed by atoms with Gasteiger partial charge in [-0.1, -0.05) is 11.3 Å². The molecule has 196 valence electrons. The lowest BCUT2D eigenvalue weighted by molar-refractivity contribution is -0.153. The van der Waals surface area contributed by atoms with Crippen LogP contribution in [-0.2, 0) is 4.79 Å². The van der Waals surface area contributed by atoms with E-state index in [1.807, 2.05) is 11.9 Å². The van der Waals surface area contributed by atoms with Crippen molar-refractivity contribution in [3.63, 3.8) is 0 Å². The van der Waals surface area contributed by atoms with E-state index in [1.54, 1.807) is 24.5 Å². The molecule has 3 heterocycles. The maximum Gasteiger partial charge on any atom is 0.422 e. The molecule has 0 saturated carbocycles. The Kier molecular flexibility index (Phi) is 8.31. The van der Waals surface area contributed by atoms with Crippen LogP contribution in [0.25, 0.3) is 10.6 Å². The van der Waals surface area contributed by atoms with E-state index in [1.165, 1.54) is 18.2 Å². The van der Waals surface area contributed by atoms with Crippen molar-refractivity contribution in [2.24, 2.45) is 0 Å². The summed E-state index contributed by atoms with van der Waals surface area (Å²) >= 11 is 1.13. The topological polar surface area (TPSA) is 113 Å². The van der Waals surface area contributed by atoms with Crippen LogP contribution < -0.4 is 15.4 Å². The first kappa shape index (κ1) is 26.4. The number of benzene rings is 1. The first-order valence-corrected chi connectivity index (χ1v) is 12.1. The van der Waals surface area contributed by atoms with Gasteiger partial charge in [-0.25, -0.2) is 0 Å². The Hall–Kier alpha value is -3.62. The van der Waals surface area contributed by atoms with E-state index >= 15 is 0 Å². The summed E-state index contributed by atoms with van der Waals surface area (Å²) in [7, 11) is 1.99. The molecule has 1 aromatic carbocycles. The third-order valence-corrected chi connectivity index (χ3v) is 6.31. The monoisotopic (exact) mass is 535 g/mol. The third-order valence-electron chi connectivity index (χ3n) is 5.42. The van der Waals surface area contributed by atoms with Crippen molar-refractivity contribution in [1.82, 2.24) is 25.0 Å². The zero-order valence-corrected chi connectivity index (χ0v) is 20.6. The number of hydrogen-bond acceptors (Lipinski definition) is 9. The van der Waals surface area contributed by atoms with E-state index in [4.69, 9.17) is 4.74 Å². The Bertz CT molecular complexity index is 1230. The molecule has 0 unspecified atom stereocenters. The van der Waals surface area contributed by atoms with E-state index in [-0.39, 0.29) is 28.7 Å². The highest BCUT2D eigenvalue weighted by molar-refractivity contribution is 7.18. The highest BCUT2D eigenvalue weighted by atomic mass is 32.1. The van der Waals surface area contributed by atoms with Crippen LogP contribution in [-0.4, -0.2) is 89.4 Å². The molecule has 14 heteroatoms. The van der Waals surface area contributed by atoms with Crippen LogP contribution in [0.5, 0.6) is 5.75 Å². The number of nitrogens with zero attached hydrogens (tertiary/aromatic N) is 5. The number of piperazine rings is 1. The number of ether oxygens (including phenoxy) is 1. The largest absolute Gasteiger partial charge is 0.482 e. The highest BCUT2D eigenvalue weighted by Crippen LogP contribution is 2.30. The van der Waals surface area contributed by atoms with Crippen molar-refractivity contribution in [2.45, 2.75) is 6.18 Å². The van der Waals surface area contributed by atoms with Crippen LogP contribution in [0.4, 0.5) is 24.0 Å². The van der Waals surface area contributed by atoms with Gasteiger partial charge in [0, 0.05) is 49.7 Å². The predicted octanol–water partition coefficient (Wildman–Crippen LogP) is 2.98. The number of amides is 2. The van der Waals surface area contributed by atoms with Gasteiger partial charge in [0.2, 0.25) is 11.0 Å². The second-order valence-corrected chi connectivity index (χ2v) is 9.33. The minimum absolute atomic E-state index is 0.0376. The van der Waals surface area contributed by atoms with Gasteiger partial charge in [0.15, 0.2) is 11.6 Å². The molecule has 1 aliphatic rings. The molecule has 1 saturated heterocycles. The summed E-state index contributed by atoms with van der Waals surface area (Å²) in [5, 5.41) is 14.0. The molecule has 0 radical (unpaired) electrons. The molecule has 2 amide bonds. The van der Waals surface area contributed by atoms with E-state index in [0.29, 0.717) is 18.1 Å².